The second-order valence-electron chi connectivity index (χ2n) is 11.3. The van der Waals surface area contributed by atoms with Crippen LogP contribution in [0.5, 0.6) is 0 Å². The van der Waals surface area contributed by atoms with Gasteiger partial charge in [-0.3, -0.25) is 0 Å². The van der Waals surface area contributed by atoms with Crippen molar-refractivity contribution in [3.05, 3.63) is 48.5 Å². The van der Waals surface area contributed by atoms with E-state index in [2.05, 4.69) is 67.5 Å². The Morgan fingerprint density at radius 3 is 1.75 bits per heavy atom. The fourth-order valence-electron chi connectivity index (χ4n) is 8.34. The molecule has 4 aliphatic carbocycles. The molecule has 0 aromatic heterocycles. The Morgan fingerprint density at radius 1 is 0.719 bits per heavy atom. The zero-order chi connectivity index (χ0) is 21.2. The van der Waals surface area contributed by atoms with E-state index < -0.39 is 6.62 Å². The van der Waals surface area contributed by atoms with Gasteiger partial charge in [0, 0.05) is 20.4 Å². The van der Waals surface area contributed by atoms with Crippen LogP contribution >= 0.6 is 17.9 Å². The fraction of sp³-hybridized carbons (Fsp3) is 0.571. The van der Waals surface area contributed by atoms with E-state index in [4.69, 9.17) is 11.2 Å². The van der Waals surface area contributed by atoms with E-state index >= 15 is 0 Å². The first kappa shape index (κ1) is 23.4. The molecular weight excluding hydrogens is 523 g/mol. The molecule has 0 amide bonds. The second kappa shape index (κ2) is 9.01. The molecule has 2 aromatic rings. The zero-order valence-corrected chi connectivity index (χ0v) is 22.7. The van der Waals surface area contributed by atoms with Crippen molar-refractivity contribution < 1.29 is 20.4 Å². The molecule has 4 heteroatoms. The van der Waals surface area contributed by atoms with Crippen molar-refractivity contribution in [3.8, 4) is 11.1 Å². The maximum Gasteiger partial charge on any atom is 0 e. The van der Waals surface area contributed by atoms with Gasteiger partial charge in [-0.1, -0.05) is 0 Å². The number of rotatable bonds is 5. The van der Waals surface area contributed by atoms with Gasteiger partial charge in [0.15, 0.2) is 0 Å². The molecule has 0 N–H and O–H groups in total. The number of nitrogens with zero attached hydrogens (tertiary/aromatic N) is 1. The van der Waals surface area contributed by atoms with Crippen molar-refractivity contribution >= 4 is 28.8 Å². The number of hydrogen-bond acceptors (Lipinski definition) is 1. The first-order chi connectivity index (χ1) is 15.1. The summed E-state index contributed by atoms with van der Waals surface area (Å²) >= 11 is 8.28. The van der Waals surface area contributed by atoms with Gasteiger partial charge in [0.1, 0.15) is 0 Å². The summed E-state index contributed by atoms with van der Waals surface area (Å²) < 4.78 is 0. The average molecular weight is 560 g/mol. The van der Waals surface area contributed by atoms with Crippen LogP contribution in [0.2, 0.25) is 0 Å². The number of para-hydroxylation sites is 1. The Bertz CT molecular complexity index is 949. The number of hydrogen-bond donors (Lipinski definition) is 0. The third-order valence-electron chi connectivity index (χ3n) is 9.57. The van der Waals surface area contributed by atoms with Crippen LogP contribution < -0.4 is 10.2 Å². The molecule has 4 bridgehead atoms. The number of fused-ring (bicyclic) bond motifs is 4. The average Bonchev–Trinajstić information content (AvgIpc) is 3.60. The van der Waals surface area contributed by atoms with Gasteiger partial charge >= 0.3 is 194 Å². The summed E-state index contributed by atoms with van der Waals surface area (Å²) in [5.74, 6) is 3.71. The maximum absolute atomic E-state index is 8.28. The Kier molecular flexibility index (Phi) is 6.58. The van der Waals surface area contributed by atoms with E-state index in [-0.39, 0.29) is 20.4 Å². The summed E-state index contributed by atoms with van der Waals surface area (Å²) in [4.78, 5) is 2.26. The summed E-state index contributed by atoms with van der Waals surface area (Å²) in [5.41, 5.74) is 5.67. The van der Waals surface area contributed by atoms with E-state index in [0.29, 0.717) is 0 Å². The van der Waals surface area contributed by atoms with E-state index in [9.17, 15) is 0 Å². The summed E-state index contributed by atoms with van der Waals surface area (Å²) in [6.07, 6.45) is 11.6. The monoisotopic (exact) mass is 559 g/mol. The molecule has 2 aromatic carbocycles. The molecule has 4 fully saturated rings. The molecule has 4 saturated carbocycles. The van der Waals surface area contributed by atoms with E-state index in [1.54, 1.807) is 5.30 Å². The first-order valence-electron chi connectivity index (χ1n) is 12.6. The Morgan fingerprint density at radius 2 is 1.25 bits per heavy atom. The predicted molar refractivity (Wildman–Crippen MR) is 138 cm³/mol. The van der Waals surface area contributed by atoms with Gasteiger partial charge in [0.2, 0.25) is 0 Å². The van der Waals surface area contributed by atoms with E-state index in [0.717, 1.165) is 35.0 Å². The van der Waals surface area contributed by atoms with Crippen molar-refractivity contribution in [2.75, 3.05) is 19.0 Å². The van der Waals surface area contributed by atoms with Crippen LogP contribution in [0.1, 0.15) is 51.4 Å². The molecule has 176 valence electrons. The number of benzene rings is 2. The molecule has 32 heavy (non-hydrogen) atoms. The zero-order valence-electron chi connectivity index (χ0n) is 19.4. The van der Waals surface area contributed by atoms with Gasteiger partial charge in [0.25, 0.3) is 0 Å². The van der Waals surface area contributed by atoms with E-state index in [1.807, 2.05) is 0 Å². The molecule has 0 aliphatic heterocycles. The maximum atomic E-state index is 8.28. The molecule has 2 unspecified atom stereocenters. The van der Waals surface area contributed by atoms with Gasteiger partial charge in [-0.05, 0) is 0 Å². The van der Waals surface area contributed by atoms with Gasteiger partial charge in [-0.25, -0.2) is 0 Å². The van der Waals surface area contributed by atoms with Crippen molar-refractivity contribution in [3.63, 3.8) is 0 Å². The van der Waals surface area contributed by atoms with Gasteiger partial charge in [-0.2, -0.15) is 0 Å². The van der Waals surface area contributed by atoms with Crippen LogP contribution in [0.4, 0.5) is 5.69 Å². The van der Waals surface area contributed by atoms with Crippen molar-refractivity contribution in [2.45, 2.75) is 62.7 Å². The topological polar surface area (TPSA) is 3.24 Å². The van der Waals surface area contributed by atoms with Crippen molar-refractivity contribution in [2.24, 2.45) is 23.7 Å². The molecular formula is C28H37ClNPPd. The largest absolute Gasteiger partial charge is 0 e. The third-order valence-corrected chi connectivity index (χ3v) is 16.7. The van der Waals surface area contributed by atoms with E-state index in [1.165, 1.54) is 68.2 Å². The molecule has 0 spiro atoms. The quantitative estimate of drug-likeness (QED) is 0.274. The van der Waals surface area contributed by atoms with Gasteiger partial charge in [-0.15, -0.1) is 0 Å². The summed E-state index contributed by atoms with van der Waals surface area (Å²) in [5, 5.41) is 1.57. The van der Waals surface area contributed by atoms with Gasteiger partial charge in [0.05, 0.1) is 0 Å². The van der Waals surface area contributed by atoms with Crippen LogP contribution in [0.3, 0.4) is 0 Å². The SMILES string of the molecule is CN(C)c1ccccc1-c1ccccc1[PH](Cl)(C1C[C@@H]2CC[C@@H]1C2)C1C[C@H]2CC[C@H]1C2.[Pd]. The molecule has 1 nitrogen and oxygen atoms in total. The minimum atomic E-state index is -2.20. The Hall–Kier alpha value is -0.378. The molecule has 4 aliphatic rings. The van der Waals surface area contributed by atoms with Crippen LogP contribution in [0.25, 0.3) is 11.1 Å². The summed E-state index contributed by atoms with van der Waals surface area (Å²) in [6.45, 7) is -2.20. The molecule has 6 atom stereocenters. The van der Waals surface area contributed by atoms with Gasteiger partial charge < -0.3 is 0 Å². The molecule has 0 saturated heterocycles. The normalized spacial score (nSPS) is 33.3. The third kappa shape index (κ3) is 3.64. The second-order valence-corrected chi connectivity index (χ2v) is 16.7. The smallest absolute Gasteiger partial charge is 0 e. The fourth-order valence-corrected chi connectivity index (χ4v) is 16.1. The van der Waals surface area contributed by atoms with Crippen LogP contribution in [-0.4, -0.2) is 25.4 Å². The van der Waals surface area contributed by atoms with Crippen LogP contribution in [0, 0.1) is 23.7 Å². The predicted octanol–water partition coefficient (Wildman–Crippen LogP) is 7.32. The Labute approximate surface area is 213 Å². The first-order valence-corrected chi connectivity index (χ1v) is 15.8. The number of halogens is 1. The molecule has 0 radical (unpaired) electrons. The minimum Gasteiger partial charge on any atom is 0 e. The summed E-state index contributed by atoms with van der Waals surface area (Å²) in [7, 11) is 4.33. The number of anilines is 1. The van der Waals surface area contributed by atoms with Crippen LogP contribution in [-0.2, 0) is 20.4 Å². The van der Waals surface area contributed by atoms with Crippen LogP contribution in [0.15, 0.2) is 48.5 Å². The van der Waals surface area contributed by atoms with Crippen molar-refractivity contribution in [1.29, 1.82) is 0 Å². The molecule has 6 rings (SSSR count). The standard InChI is InChI=1S/C28H37ClNP.Pd/c1-30(2)25-9-5-3-7-23(25)24-8-4-6-10-26(24)31(29,27-17-19-11-13-21(27)15-19)28-18-20-12-14-22(28)16-20;/h3-10,19-22,27-28,31H,11-18H2,1-2H3;/t19-,20+,21-,22+,27?,28?;. The Balaban J connectivity index is 0.00000216. The molecule has 0 heterocycles. The summed E-state index contributed by atoms with van der Waals surface area (Å²) in [6, 6.07) is 18.3. The van der Waals surface area contributed by atoms with Crippen molar-refractivity contribution in [1.82, 2.24) is 0 Å². The minimum absolute atomic E-state index is 0.